The van der Waals surface area contributed by atoms with Crippen molar-refractivity contribution in [3.63, 3.8) is 0 Å². The zero-order valence-corrected chi connectivity index (χ0v) is 19.9. The number of carbonyl (C=O) groups is 1. The Morgan fingerprint density at radius 1 is 0.970 bits per heavy atom. The SMILES string of the molecule is CC(NC(=O)CCCSc1nnc(-c2ccccc2Cl)n1-c1ccccc1)c1ccccc1. The van der Waals surface area contributed by atoms with E-state index in [2.05, 4.69) is 15.5 Å². The Hall–Kier alpha value is -3.09. The van der Waals surface area contributed by atoms with Crippen LogP contribution in [0.25, 0.3) is 17.1 Å². The number of nitrogens with zero attached hydrogens (tertiary/aromatic N) is 3. The molecule has 0 radical (unpaired) electrons. The number of halogens is 1. The van der Waals surface area contributed by atoms with Gasteiger partial charge in [-0.15, -0.1) is 10.2 Å². The first-order valence-electron chi connectivity index (χ1n) is 10.9. The van der Waals surface area contributed by atoms with Gasteiger partial charge in [0.25, 0.3) is 0 Å². The predicted octanol–water partition coefficient (Wildman–Crippen LogP) is 6.34. The van der Waals surface area contributed by atoms with Crippen LogP contribution in [0.2, 0.25) is 5.02 Å². The second-order valence-corrected chi connectivity index (χ2v) is 9.08. The van der Waals surface area contributed by atoms with Gasteiger partial charge < -0.3 is 5.32 Å². The molecule has 0 saturated heterocycles. The number of thioether (sulfide) groups is 1. The number of hydrogen-bond donors (Lipinski definition) is 1. The van der Waals surface area contributed by atoms with Gasteiger partial charge in [-0.25, -0.2) is 0 Å². The summed E-state index contributed by atoms with van der Waals surface area (Å²) in [7, 11) is 0. The van der Waals surface area contributed by atoms with Crippen LogP contribution in [0.4, 0.5) is 0 Å². The molecule has 0 aliphatic heterocycles. The van der Waals surface area contributed by atoms with E-state index in [-0.39, 0.29) is 11.9 Å². The van der Waals surface area contributed by atoms with E-state index in [1.165, 1.54) is 0 Å². The van der Waals surface area contributed by atoms with E-state index in [0.29, 0.717) is 17.3 Å². The summed E-state index contributed by atoms with van der Waals surface area (Å²) < 4.78 is 2.02. The fourth-order valence-corrected chi connectivity index (χ4v) is 4.64. The zero-order valence-electron chi connectivity index (χ0n) is 18.3. The van der Waals surface area contributed by atoms with Gasteiger partial charge in [-0.1, -0.05) is 84.0 Å². The molecule has 168 valence electrons. The Morgan fingerprint density at radius 3 is 2.36 bits per heavy atom. The summed E-state index contributed by atoms with van der Waals surface area (Å²) in [4.78, 5) is 12.4. The normalized spacial score (nSPS) is 11.8. The maximum atomic E-state index is 12.4. The third kappa shape index (κ3) is 5.83. The molecule has 0 aliphatic rings. The minimum atomic E-state index is -0.00860. The minimum Gasteiger partial charge on any atom is -0.350 e. The highest BCUT2D eigenvalue weighted by molar-refractivity contribution is 7.99. The molecule has 1 N–H and O–H groups in total. The van der Waals surface area contributed by atoms with Crippen molar-refractivity contribution in [3.05, 3.63) is 95.5 Å². The van der Waals surface area contributed by atoms with E-state index in [4.69, 9.17) is 11.6 Å². The molecule has 0 bridgehead atoms. The Balaban J connectivity index is 1.41. The molecule has 0 saturated carbocycles. The standard InChI is InChI=1S/C26H25ClN4OS/c1-19(20-11-4-2-5-12-20)28-24(32)17-10-18-33-26-30-29-25(22-15-8-9-16-23(22)27)31(26)21-13-6-3-7-14-21/h2-9,11-16,19H,10,17-18H2,1H3,(H,28,32). The molecular formula is C26H25ClN4OS. The predicted molar refractivity (Wildman–Crippen MR) is 135 cm³/mol. The van der Waals surface area contributed by atoms with Crippen LogP contribution in [0.1, 0.15) is 31.4 Å². The smallest absolute Gasteiger partial charge is 0.220 e. The molecule has 4 rings (SSSR count). The van der Waals surface area contributed by atoms with Crippen molar-refractivity contribution >= 4 is 29.3 Å². The second kappa shape index (κ2) is 11.2. The fraction of sp³-hybridized carbons (Fsp3) is 0.192. The fourth-order valence-electron chi connectivity index (χ4n) is 3.53. The van der Waals surface area contributed by atoms with E-state index in [9.17, 15) is 4.79 Å². The molecule has 5 nitrogen and oxygen atoms in total. The van der Waals surface area contributed by atoms with Crippen molar-refractivity contribution in [2.75, 3.05) is 5.75 Å². The maximum Gasteiger partial charge on any atom is 0.220 e. The molecule has 0 spiro atoms. The maximum absolute atomic E-state index is 12.4. The minimum absolute atomic E-state index is 0.00860. The van der Waals surface area contributed by atoms with Gasteiger partial charge in [-0.3, -0.25) is 9.36 Å². The van der Waals surface area contributed by atoms with Gasteiger partial charge in [0.1, 0.15) is 0 Å². The number of nitrogens with one attached hydrogen (secondary N) is 1. The Morgan fingerprint density at radius 2 is 1.64 bits per heavy atom. The third-order valence-electron chi connectivity index (χ3n) is 5.22. The first kappa shape index (κ1) is 23.1. The average Bonchev–Trinajstić information content (AvgIpc) is 3.27. The highest BCUT2D eigenvalue weighted by atomic mass is 35.5. The van der Waals surface area contributed by atoms with Gasteiger partial charge in [0.15, 0.2) is 11.0 Å². The van der Waals surface area contributed by atoms with Crippen molar-refractivity contribution < 1.29 is 4.79 Å². The molecular weight excluding hydrogens is 452 g/mol. The van der Waals surface area contributed by atoms with Crippen molar-refractivity contribution in [1.29, 1.82) is 0 Å². The van der Waals surface area contributed by atoms with Crippen LogP contribution >= 0.6 is 23.4 Å². The van der Waals surface area contributed by atoms with Gasteiger partial charge in [0, 0.05) is 23.4 Å². The summed E-state index contributed by atoms with van der Waals surface area (Å²) in [5, 5.41) is 13.3. The zero-order chi connectivity index (χ0) is 23.0. The number of carbonyl (C=O) groups excluding carboxylic acids is 1. The first-order chi connectivity index (χ1) is 16.1. The molecule has 1 unspecified atom stereocenters. The molecule has 33 heavy (non-hydrogen) atoms. The first-order valence-corrected chi connectivity index (χ1v) is 12.2. The molecule has 7 heteroatoms. The molecule has 0 fully saturated rings. The van der Waals surface area contributed by atoms with Crippen molar-refractivity contribution in [2.24, 2.45) is 0 Å². The lowest BCUT2D eigenvalue weighted by Crippen LogP contribution is -2.26. The Labute approximate surface area is 203 Å². The van der Waals surface area contributed by atoms with Crippen LogP contribution < -0.4 is 5.32 Å². The largest absolute Gasteiger partial charge is 0.350 e. The van der Waals surface area contributed by atoms with Crippen molar-refractivity contribution in [2.45, 2.75) is 31.0 Å². The highest BCUT2D eigenvalue weighted by Gasteiger charge is 2.18. The van der Waals surface area contributed by atoms with Crippen molar-refractivity contribution in [1.82, 2.24) is 20.1 Å². The summed E-state index contributed by atoms with van der Waals surface area (Å²) in [5.74, 6) is 1.50. The molecule has 4 aromatic rings. The van der Waals surface area contributed by atoms with Crippen LogP contribution in [0, 0.1) is 0 Å². The Bertz CT molecular complexity index is 1200. The summed E-state index contributed by atoms with van der Waals surface area (Å²) in [6.45, 7) is 2.00. The molecule has 1 aromatic heterocycles. The van der Waals surface area contributed by atoms with E-state index >= 15 is 0 Å². The number of amides is 1. The second-order valence-electron chi connectivity index (χ2n) is 7.61. The quantitative estimate of drug-likeness (QED) is 0.226. The summed E-state index contributed by atoms with van der Waals surface area (Å²) in [5.41, 5.74) is 2.90. The molecule has 1 atom stereocenters. The molecule has 1 amide bonds. The van der Waals surface area contributed by atoms with Crippen LogP contribution in [-0.2, 0) is 4.79 Å². The van der Waals surface area contributed by atoms with Gasteiger partial charge >= 0.3 is 0 Å². The topological polar surface area (TPSA) is 59.8 Å². The third-order valence-corrected chi connectivity index (χ3v) is 6.56. The van der Waals surface area contributed by atoms with Crippen LogP contribution in [-0.4, -0.2) is 26.4 Å². The van der Waals surface area contributed by atoms with E-state index in [0.717, 1.165) is 34.1 Å². The van der Waals surface area contributed by atoms with Crippen molar-refractivity contribution in [3.8, 4) is 17.1 Å². The number of aromatic nitrogens is 3. The number of hydrogen-bond acceptors (Lipinski definition) is 4. The highest BCUT2D eigenvalue weighted by Crippen LogP contribution is 2.32. The molecule has 0 aliphatic carbocycles. The van der Waals surface area contributed by atoms with Crippen LogP contribution in [0.5, 0.6) is 0 Å². The van der Waals surface area contributed by atoms with E-state index < -0.39 is 0 Å². The number of para-hydroxylation sites is 1. The van der Waals surface area contributed by atoms with Crippen LogP contribution in [0.3, 0.4) is 0 Å². The lowest BCUT2D eigenvalue weighted by molar-refractivity contribution is -0.121. The average molecular weight is 477 g/mol. The molecule has 3 aromatic carbocycles. The van der Waals surface area contributed by atoms with E-state index in [1.807, 2.05) is 96.4 Å². The lowest BCUT2D eigenvalue weighted by Gasteiger charge is -2.14. The molecule has 1 heterocycles. The summed E-state index contributed by atoms with van der Waals surface area (Å²) in [6.07, 6.45) is 1.20. The lowest BCUT2D eigenvalue weighted by atomic mass is 10.1. The van der Waals surface area contributed by atoms with Gasteiger partial charge in [0.05, 0.1) is 11.1 Å². The van der Waals surface area contributed by atoms with E-state index in [1.54, 1.807) is 11.8 Å². The monoisotopic (exact) mass is 476 g/mol. The van der Waals surface area contributed by atoms with Crippen LogP contribution in [0.15, 0.2) is 90.1 Å². The van der Waals surface area contributed by atoms with Gasteiger partial charge in [-0.05, 0) is 43.2 Å². The van der Waals surface area contributed by atoms with Gasteiger partial charge in [0.2, 0.25) is 5.91 Å². The Kier molecular flexibility index (Phi) is 7.81. The number of benzene rings is 3. The van der Waals surface area contributed by atoms with Gasteiger partial charge in [-0.2, -0.15) is 0 Å². The summed E-state index contributed by atoms with van der Waals surface area (Å²) in [6, 6.07) is 27.6. The summed E-state index contributed by atoms with van der Waals surface area (Å²) >= 11 is 8.03. The number of rotatable bonds is 9.